The molecule has 1 heterocycles. The molecule has 2 rings (SSSR count). The molecule has 0 N–H and O–H groups in total. The van der Waals surface area contributed by atoms with Crippen LogP contribution >= 0.6 is 11.8 Å². The molecule has 0 saturated heterocycles. The van der Waals surface area contributed by atoms with E-state index in [1.807, 2.05) is 34.6 Å². The molecule has 0 saturated carbocycles. The molecule has 206 valence electrons. The molecule has 0 amide bonds. The monoisotopic (exact) mass is 542 g/mol. The molecule has 10 heteroatoms. The van der Waals surface area contributed by atoms with Crippen LogP contribution in [0.3, 0.4) is 0 Å². The number of ether oxygens (including phenoxy) is 2. The molecule has 1 aromatic carbocycles. The lowest BCUT2D eigenvalue weighted by Gasteiger charge is -2.35. The van der Waals surface area contributed by atoms with Crippen LogP contribution < -0.4 is 10.3 Å². The number of para-hydroxylation sites is 2. The fourth-order valence-electron chi connectivity index (χ4n) is 3.87. The zero-order valence-electron chi connectivity index (χ0n) is 22.4. The SMILES string of the molecule is Cc1cnc(SCCCCCCOC(=O)C(C)(C(C)C)C(C)C)n(-c2ccccc2OC(F)(F)F)c1=O. The molecule has 0 aliphatic heterocycles. The highest BCUT2D eigenvalue weighted by Crippen LogP contribution is 2.36. The van der Waals surface area contributed by atoms with E-state index in [0.717, 1.165) is 25.7 Å². The topological polar surface area (TPSA) is 70.4 Å². The molecule has 6 nitrogen and oxygen atoms in total. The minimum absolute atomic E-state index is 0.0138. The molecule has 0 radical (unpaired) electrons. The zero-order chi connectivity index (χ0) is 27.8. The van der Waals surface area contributed by atoms with Crippen molar-refractivity contribution in [3.05, 3.63) is 46.4 Å². The van der Waals surface area contributed by atoms with Gasteiger partial charge in [-0.15, -0.1) is 13.2 Å². The largest absolute Gasteiger partial charge is 0.573 e. The summed E-state index contributed by atoms with van der Waals surface area (Å²) in [6.07, 6.45) is -0.174. The number of esters is 1. The van der Waals surface area contributed by atoms with E-state index in [-0.39, 0.29) is 23.5 Å². The molecule has 1 aromatic heterocycles. The second kappa shape index (κ2) is 13.3. The van der Waals surface area contributed by atoms with E-state index in [1.54, 1.807) is 13.0 Å². The summed E-state index contributed by atoms with van der Waals surface area (Å²) in [5, 5.41) is 0.296. The Bertz CT molecular complexity index is 1090. The van der Waals surface area contributed by atoms with Gasteiger partial charge in [0.15, 0.2) is 10.9 Å². The Labute approximate surface area is 221 Å². The lowest BCUT2D eigenvalue weighted by Crippen LogP contribution is -2.39. The number of carbonyl (C=O) groups is 1. The van der Waals surface area contributed by atoms with E-state index in [1.165, 1.54) is 40.7 Å². The van der Waals surface area contributed by atoms with Crippen LogP contribution in [0.15, 0.2) is 40.4 Å². The van der Waals surface area contributed by atoms with Crippen molar-refractivity contribution in [2.45, 2.75) is 78.7 Å². The van der Waals surface area contributed by atoms with Gasteiger partial charge in [-0.3, -0.25) is 14.2 Å². The molecule has 0 aliphatic rings. The molecule has 37 heavy (non-hydrogen) atoms. The maximum atomic E-state index is 12.9. The number of thioether (sulfide) groups is 1. The number of carbonyl (C=O) groups excluding carboxylic acids is 1. The van der Waals surface area contributed by atoms with Gasteiger partial charge in [-0.05, 0) is 50.7 Å². The average molecular weight is 543 g/mol. The predicted molar refractivity (Wildman–Crippen MR) is 139 cm³/mol. The Morgan fingerprint density at radius 2 is 1.68 bits per heavy atom. The van der Waals surface area contributed by atoms with Crippen molar-refractivity contribution in [2.24, 2.45) is 17.3 Å². The highest BCUT2D eigenvalue weighted by molar-refractivity contribution is 7.99. The highest BCUT2D eigenvalue weighted by atomic mass is 32.2. The number of unbranched alkanes of at least 4 members (excludes halogenated alkanes) is 3. The molecule has 0 bridgehead atoms. The standard InChI is InChI=1S/C27H37F3N2O4S/c1-18(2)26(6,19(3)4)24(34)35-15-11-7-8-12-16-37-25-31-17-20(5)23(33)32(25)21-13-9-10-14-22(21)36-27(28,29)30/h9-10,13-14,17-19H,7-8,11-12,15-16H2,1-6H3. The first-order valence-electron chi connectivity index (χ1n) is 12.5. The number of rotatable bonds is 13. The number of alkyl halides is 3. The lowest BCUT2D eigenvalue weighted by molar-refractivity contribution is -0.274. The van der Waals surface area contributed by atoms with E-state index in [9.17, 15) is 22.8 Å². The quantitative estimate of drug-likeness (QED) is 0.118. The average Bonchev–Trinajstić information content (AvgIpc) is 2.81. The summed E-state index contributed by atoms with van der Waals surface area (Å²) in [7, 11) is 0. The Hall–Kier alpha value is -2.49. The second-order valence-electron chi connectivity index (χ2n) is 9.87. The summed E-state index contributed by atoms with van der Waals surface area (Å²) in [5.41, 5.74) is -0.670. The van der Waals surface area contributed by atoms with Crippen molar-refractivity contribution in [3.63, 3.8) is 0 Å². The van der Waals surface area contributed by atoms with Gasteiger partial charge in [-0.1, -0.05) is 64.4 Å². The number of hydrogen-bond acceptors (Lipinski definition) is 6. The van der Waals surface area contributed by atoms with Crippen LogP contribution in [0.25, 0.3) is 5.69 Å². The maximum Gasteiger partial charge on any atom is 0.573 e. The van der Waals surface area contributed by atoms with E-state index in [4.69, 9.17) is 4.74 Å². The number of aromatic nitrogens is 2. The van der Waals surface area contributed by atoms with Crippen LogP contribution in [0.4, 0.5) is 13.2 Å². The van der Waals surface area contributed by atoms with E-state index in [0.29, 0.717) is 23.1 Å². The minimum Gasteiger partial charge on any atom is -0.465 e. The predicted octanol–water partition coefficient (Wildman–Crippen LogP) is 6.95. The van der Waals surface area contributed by atoms with Crippen LogP contribution in [0.1, 0.15) is 65.9 Å². The van der Waals surface area contributed by atoms with Gasteiger partial charge in [0, 0.05) is 17.5 Å². The summed E-state index contributed by atoms with van der Waals surface area (Å²) in [6, 6.07) is 5.52. The number of aryl methyl sites for hydroxylation is 1. The molecule has 0 spiro atoms. The molecule has 0 atom stereocenters. The Morgan fingerprint density at radius 3 is 2.30 bits per heavy atom. The van der Waals surface area contributed by atoms with Gasteiger partial charge in [-0.2, -0.15) is 0 Å². The van der Waals surface area contributed by atoms with Crippen molar-refractivity contribution >= 4 is 17.7 Å². The summed E-state index contributed by atoms with van der Waals surface area (Å²) >= 11 is 1.30. The van der Waals surface area contributed by atoms with Gasteiger partial charge >= 0.3 is 12.3 Å². The van der Waals surface area contributed by atoms with Crippen LogP contribution in [0.2, 0.25) is 0 Å². The van der Waals surface area contributed by atoms with E-state index in [2.05, 4.69) is 9.72 Å². The first-order valence-corrected chi connectivity index (χ1v) is 13.5. The summed E-state index contributed by atoms with van der Waals surface area (Å²) in [4.78, 5) is 29.8. The number of halogens is 3. The molecule has 0 aliphatic carbocycles. The normalized spacial score (nSPS) is 12.3. The second-order valence-corrected chi connectivity index (χ2v) is 10.9. The number of benzene rings is 1. The van der Waals surface area contributed by atoms with Gasteiger partial charge in [0.1, 0.15) is 0 Å². The summed E-state index contributed by atoms with van der Waals surface area (Å²) in [5.74, 6) is 0.350. The third kappa shape index (κ3) is 8.25. The summed E-state index contributed by atoms with van der Waals surface area (Å²) < 4.78 is 49.6. The minimum atomic E-state index is -4.89. The van der Waals surface area contributed by atoms with E-state index >= 15 is 0 Å². The van der Waals surface area contributed by atoms with Gasteiger partial charge < -0.3 is 9.47 Å². The third-order valence-corrected chi connectivity index (χ3v) is 7.81. The van der Waals surface area contributed by atoms with Crippen LogP contribution in [0.5, 0.6) is 5.75 Å². The van der Waals surface area contributed by atoms with Crippen LogP contribution in [-0.4, -0.2) is 34.2 Å². The van der Waals surface area contributed by atoms with E-state index < -0.39 is 23.1 Å². The number of nitrogens with zero attached hydrogens (tertiary/aromatic N) is 2. The van der Waals surface area contributed by atoms with Gasteiger partial charge in [0.2, 0.25) is 0 Å². The van der Waals surface area contributed by atoms with Gasteiger partial charge in [0.25, 0.3) is 5.56 Å². The smallest absolute Gasteiger partial charge is 0.465 e. The van der Waals surface area contributed by atoms with Gasteiger partial charge in [0.05, 0.1) is 17.7 Å². The van der Waals surface area contributed by atoms with Crippen molar-refractivity contribution in [1.29, 1.82) is 0 Å². The fraction of sp³-hybridized carbons (Fsp3) is 0.593. The van der Waals surface area contributed by atoms with Crippen LogP contribution in [-0.2, 0) is 9.53 Å². The molecule has 0 fully saturated rings. The van der Waals surface area contributed by atoms with Crippen molar-refractivity contribution in [1.82, 2.24) is 9.55 Å². The molecule has 2 aromatic rings. The lowest BCUT2D eigenvalue weighted by atomic mass is 9.70. The third-order valence-electron chi connectivity index (χ3n) is 6.77. The molecular formula is C27H37F3N2O4S. The zero-order valence-corrected chi connectivity index (χ0v) is 23.2. The number of hydrogen-bond donors (Lipinski definition) is 0. The molecule has 0 unspecified atom stereocenters. The Kier molecular flexibility index (Phi) is 11.1. The Morgan fingerprint density at radius 1 is 1.05 bits per heavy atom. The first-order chi connectivity index (χ1) is 17.3. The van der Waals surface area contributed by atoms with Crippen molar-refractivity contribution in [2.75, 3.05) is 12.4 Å². The first kappa shape index (κ1) is 30.7. The fourth-order valence-corrected chi connectivity index (χ4v) is 4.84. The Balaban J connectivity index is 1.93. The van der Waals surface area contributed by atoms with Gasteiger partial charge in [-0.25, -0.2) is 4.98 Å². The van der Waals surface area contributed by atoms with Crippen molar-refractivity contribution < 1.29 is 27.4 Å². The summed E-state index contributed by atoms with van der Waals surface area (Å²) in [6.45, 7) is 12.0. The van der Waals surface area contributed by atoms with Crippen LogP contribution in [0, 0.1) is 24.2 Å². The van der Waals surface area contributed by atoms with Crippen molar-refractivity contribution in [3.8, 4) is 11.4 Å². The molecular weight excluding hydrogens is 505 g/mol. The highest BCUT2D eigenvalue weighted by Gasteiger charge is 2.41. The maximum absolute atomic E-state index is 12.9.